The van der Waals surface area contributed by atoms with Gasteiger partial charge in [-0.15, -0.1) is 11.3 Å². The maximum atomic E-state index is 14.8. The third kappa shape index (κ3) is 7.87. The van der Waals surface area contributed by atoms with Crippen LogP contribution in [0.25, 0.3) is 0 Å². The van der Waals surface area contributed by atoms with Crippen molar-refractivity contribution in [3.8, 4) is 5.75 Å². The van der Waals surface area contributed by atoms with Crippen LogP contribution < -0.4 is 26.4 Å². The molecule has 0 spiro atoms. The van der Waals surface area contributed by atoms with Crippen molar-refractivity contribution in [1.82, 2.24) is 15.3 Å². The molecular weight excluding hydrogens is 517 g/mol. The molecule has 4 rings (SSSR count). The average molecular weight is 552 g/mol. The van der Waals surface area contributed by atoms with Crippen LogP contribution in [0.1, 0.15) is 23.3 Å². The molecule has 5 N–H and O–H groups in total. The quantitative estimate of drug-likeness (QED) is 0.100. The van der Waals surface area contributed by atoms with Crippen molar-refractivity contribution in [3.63, 3.8) is 0 Å². The number of carbonyl (C=O) groups is 1. The topological polar surface area (TPSA) is 105 Å². The molecule has 1 fully saturated rings. The van der Waals surface area contributed by atoms with E-state index in [1.165, 1.54) is 23.5 Å². The predicted molar refractivity (Wildman–Crippen MR) is 156 cm³/mol. The van der Waals surface area contributed by atoms with Crippen LogP contribution in [0.3, 0.4) is 0 Å². The average Bonchev–Trinajstić information content (AvgIpc) is 3.39. The number of hydrogen-bond donors (Lipinski definition) is 5. The molecule has 2 heterocycles. The first-order chi connectivity index (χ1) is 18.8. The van der Waals surface area contributed by atoms with Gasteiger partial charge in [0, 0.05) is 29.9 Å². The van der Waals surface area contributed by atoms with Crippen LogP contribution in [0.2, 0.25) is 0 Å². The van der Waals surface area contributed by atoms with Gasteiger partial charge < -0.3 is 25.8 Å². The largest absolute Gasteiger partial charge is 0.438 e. The fourth-order valence-electron chi connectivity index (χ4n) is 4.34. The van der Waals surface area contributed by atoms with Crippen molar-refractivity contribution in [2.24, 2.45) is 0 Å². The minimum atomic E-state index is -0.333. The molecule has 39 heavy (non-hydrogen) atoms. The van der Waals surface area contributed by atoms with Crippen LogP contribution in [0.4, 0.5) is 21.5 Å². The van der Waals surface area contributed by atoms with E-state index in [0.717, 1.165) is 25.9 Å². The summed E-state index contributed by atoms with van der Waals surface area (Å²) in [5, 5.41) is 12.9. The fourth-order valence-corrected chi connectivity index (χ4v) is 5.07. The highest BCUT2D eigenvalue weighted by Gasteiger charge is 2.21. The number of halogens is 1. The molecule has 206 valence electrons. The number of likely N-dealkylation sites (tertiary alicyclic amines) is 1. The summed E-state index contributed by atoms with van der Waals surface area (Å²) in [5.41, 5.74) is 11.2. The first kappa shape index (κ1) is 28.2. The zero-order valence-corrected chi connectivity index (χ0v) is 22.9. The van der Waals surface area contributed by atoms with E-state index in [9.17, 15) is 9.18 Å². The van der Waals surface area contributed by atoms with Gasteiger partial charge in [-0.2, -0.15) is 5.53 Å². The molecule has 0 bridgehead atoms. The molecule has 9 nitrogen and oxygen atoms in total. The molecule has 1 aliphatic heterocycles. The minimum Gasteiger partial charge on any atom is -0.438 e. The van der Waals surface area contributed by atoms with Crippen LogP contribution >= 0.6 is 11.3 Å². The van der Waals surface area contributed by atoms with E-state index in [2.05, 4.69) is 52.2 Å². The van der Waals surface area contributed by atoms with Crippen LogP contribution in [0.5, 0.6) is 5.75 Å². The molecule has 2 aromatic carbocycles. The van der Waals surface area contributed by atoms with E-state index < -0.39 is 0 Å². The van der Waals surface area contributed by atoms with Crippen molar-refractivity contribution in [2.45, 2.75) is 25.4 Å². The van der Waals surface area contributed by atoms with Gasteiger partial charge in [0.1, 0.15) is 16.4 Å². The molecule has 1 aliphatic rings. The third-order valence-corrected chi connectivity index (χ3v) is 7.43. The van der Waals surface area contributed by atoms with E-state index in [4.69, 9.17) is 10.1 Å². The lowest BCUT2D eigenvalue weighted by molar-refractivity contribution is -0.111. The number of nitrogens with one attached hydrogen (secondary N) is 5. The number of nitrogens with zero attached hydrogens (tertiary/aromatic N) is 2. The van der Waals surface area contributed by atoms with Crippen molar-refractivity contribution >= 4 is 40.2 Å². The van der Waals surface area contributed by atoms with E-state index in [1.54, 1.807) is 30.3 Å². The van der Waals surface area contributed by atoms with Gasteiger partial charge in [0.15, 0.2) is 0 Å². The summed E-state index contributed by atoms with van der Waals surface area (Å²) in [7, 11) is 4.22. The van der Waals surface area contributed by atoms with Gasteiger partial charge in [-0.3, -0.25) is 15.1 Å². The number of hydrogen-bond acceptors (Lipinski definition) is 9. The Balaban J connectivity index is 1.28. The molecule has 0 saturated carbocycles. The van der Waals surface area contributed by atoms with Crippen LogP contribution in [0, 0.1) is 11.2 Å². The molecule has 1 aromatic heterocycles. The highest BCUT2D eigenvalue weighted by Crippen LogP contribution is 2.25. The predicted octanol–water partition coefficient (Wildman–Crippen LogP) is 4.89. The molecule has 0 unspecified atom stereocenters. The van der Waals surface area contributed by atoms with Gasteiger partial charge in [0.05, 0.1) is 11.4 Å². The first-order valence-corrected chi connectivity index (χ1v) is 13.5. The summed E-state index contributed by atoms with van der Waals surface area (Å²) in [6.07, 6.45) is 3.37. The normalized spacial score (nSPS) is 14.2. The van der Waals surface area contributed by atoms with Gasteiger partial charge >= 0.3 is 0 Å². The molecule has 11 heteroatoms. The second-order valence-electron chi connectivity index (χ2n) is 9.47. The molecule has 1 amide bonds. The van der Waals surface area contributed by atoms with Crippen LogP contribution in [0.15, 0.2) is 66.6 Å². The highest BCUT2D eigenvalue weighted by atomic mass is 32.1. The number of rotatable bonds is 11. The van der Waals surface area contributed by atoms with Crippen molar-refractivity contribution in [1.29, 1.82) is 5.41 Å². The summed E-state index contributed by atoms with van der Waals surface area (Å²) >= 11 is 1.33. The zero-order valence-electron chi connectivity index (χ0n) is 22.1. The number of amides is 1. The van der Waals surface area contributed by atoms with E-state index in [1.807, 2.05) is 17.5 Å². The van der Waals surface area contributed by atoms with Gasteiger partial charge in [-0.25, -0.2) is 4.39 Å². The van der Waals surface area contributed by atoms with Crippen molar-refractivity contribution < 1.29 is 13.9 Å². The molecular formula is C28H34FN7O2S. The number of carbonyl (C=O) groups excluding carboxylic acids is 1. The van der Waals surface area contributed by atoms with Gasteiger partial charge in [-0.05, 0) is 81.8 Å². The molecule has 0 aliphatic carbocycles. The number of anilines is 3. The number of ether oxygens (including phenoxy) is 1. The monoisotopic (exact) mass is 551 g/mol. The maximum Gasteiger partial charge on any atom is 0.247 e. The lowest BCUT2D eigenvalue weighted by atomic mass is 10.0. The first-order valence-electron chi connectivity index (χ1n) is 12.6. The van der Waals surface area contributed by atoms with Crippen LogP contribution in [-0.4, -0.2) is 54.8 Å². The second-order valence-corrected chi connectivity index (χ2v) is 10.4. The SMILES string of the molecule is C=CC(=O)Nc1cccc(OC(=N)c2sccc2NNNc2ccc(CN3CCC(N(C)C)CC3)c(F)c2)c1. The number of benzene rings is 2. The summed E-state index contributed by atoms with van der Waals surface area (Å²) in [6.45, 7) is 5.96. The van der Waals surface area contributed by atoms with Gasteiger partial charge in [-0.1, -0.05) is 18.7 Å². The molecule has 1 saturated heterocycles. The Hall–Kier alpha value is -3.77. The molecule has 0 atom stereocenters. The van der Waals surface area contributed by atoms with E-state index in [-0.39, 0.29) is 17.6 Å². The second kappa shape index (κ2) is 13.3. The third-order valence-electron chi connectivity index (χ3n) is 6.52. The Morgan fingerprint density at radius 2 is 1.97 bits per heavy atom. The Morgan fingerprint density at radius 1 is 1.18 bits per heavy atom. The standard InChI is InChI=1S/C28H34FN7O2S/c1-4-26(37)31-20-6-5-7-23(16-20)38-28(30)27-25(12-15-39-27)33-34-32-21-9-8-19(24(29)17-21)18-36-13-10-22(11-14-36)35(2)3/h4-9,12,15-17,22,30,32-34H,1,10-11,13-14,18H2,2-3H3,(H,31,37). The summed E-state index contributed by atoms with van der Waals surface area (Å²) in [6, 6.07) is 14.3. The van der Waals surface area contributed by atoms with E-state index in [0.29, 0.717) is 45.8 Å². The maximum absolute atomic E-state index is 14.8. The van der Waals surface area contributed by atoms with Gasteiger partial charge in [0.25, 0.3) is 0 Å². The fraction of sp³-hybridized carbons (Fsp3) is 0.286. The lowest BCUT2D eigenvalue weighted by Gasteiger charge is -2.35. The highest BCUT2D eigenvalue weighted by molar-refractivity contribution is 7.12. The Morgan fingerprint density at radius 3 is 2.69 bits per heavy atom. The van der Waals surface area contributed by atoms with E-state index >= 15 is 0 Å². The summed E-state index contributed by atoms with van der Waals surface area (Å²) < 4.78 is 20.5. The van der Waals surface area contributed by atoms with Crippen molar-refractivity contribution in [3.05, 3.63) is 82.8 Å². The smallest absolute Gasteiger partial charge is 0.247 e. The Kier molecular flexibility index (Phi) is 9.66. The lowest BCUT2D eigenvalue weighted by Crippen LogP contribution is -2.41. The molecule has 0 radical (unpaired) electrons. The number of piperidine rings is 1. The zero-order chi connectivity index (χ0) is 27.8. The Labute approximate surface area is 232 Å². The van der Waals surface area contributed by atoms with Crippen LogP contribution in [-0.2, 0) is 11.3 Å². The minimum absolute atomic E-state index is 0.0634. The van der Waals surface area contributed by atoms with Gasteiger partial charge in [0.2, 0.25) is 11.8 Å². The summed E-state index contributed by atoms with van der Waals surface area (Å²) in [5.74, 6) is -0.244. The number of thiophene rings is 1. The summed E-state index contributed by atoms with van der Waals surface area (Å²) in [4.78, 5) is 16.7. The van der Waals surface area contributed by atoms with Crippen molar-refractivity contribution in [2.75, 3.05) is 43.4 Å². The molecule has 3 aromatic rings. The number of hydrazine groups is 2. The Bertz CT molecular complexity index is 1300.